The van der Waals surface area contributed by atoms with Gasteiger partial charge in [0.15, 0.2) is 18.4 Å². The number of likely N-dealkylation sites (N-methyl/N-ethyl adjacent to an activating group) is 1. The number of allylic oxidation sites excluding steroid dienone is 4. The summed E-state index contributed by atoms with van der Waals surface area (Å²) in [5.74, 6) is -0.458. The van der Waals surface area contributed by atoms with E-state index in [4.69, 9.17) is 37.9 Å². The van der Waals surface area contributed by atoms with Crippen molar-refractivity contribution < 1.29 is 47.5 Å². The molecule has 6 aliphatic rings. The van der Waals surface area contributed by atoms with Crippen molar-refractivity contribution >= 4 is 17.3 Å². The van der Waals surface area contributed by atoms with Crippen LogP contribution in [-0.2, 0) is 47.5 Å². The molecule has 0 spiro atoms. The van der Waals surface area contributed by atoms with Gasteiger partial charge in [-0.3, -0.25) is 9.59 Å². The van der Waals surface area contributed by atoms with Crippen molar-refractivity contribution in [2.24, 2.45) is 35.5 Å². The van der Waals surface area contributed by atoms with Crippen molar-refractivity contribution in [1.29, 1.82) is 0 Å². The average molecular weight is 808 g/mol. The summed E-state index contributed by atoms with van der Waals surface area (Å²) in [6, 6.07) is 10.9. The summed E-state index contributed by atoms with van der Waals surface area (Å²) in [5, 5.41) is 0. The topological polar surface area (TPSA) is 111 Å². The van der Waals surface area contributed by atoms with Gasteiger partial charge < -0.3 is 42.8 Å². The first-order chi connectivity index (χ1) is 28.0. The summed E-state index contributed by atoms with van der Waals surface area (Å²) in [4.78, 5) is 31.1. The zero-order valence-electron chi connectivity index (χ0n) is 36.3. The molecular formula is C47H69NO10. The van der Waals surface area contributed by atoms with Crippen LogP contribution >= 0.6 is 0 Å². The summed E-state index contributed by atoms with van der Waals surface area (Å²) in [5.41, 5.74) is 3.17. The van der Waals surface area contributed by atoms with Crippen LogP contribution in [0.1, 0.15) is 91.0 Å². The number of Topliss-reactive ketones (excluding diaryl/α,β-unsaturated/α-hetero) is 1. The second kappa shape index (κ2) is 19.1. The lowest BCUT2D eigenvalue weighted by Gasteiger charge is -2.44. The van der Waals surface area contributed by atoms with Gasteiger partial charge in [-0.05, 0) is 120 Å². The van der Waals surface area contributed by atoms with Gasteiger partial charge in [0.25, 0.3) is 0 Å². The van der Waals surface area contributed by atoms with E-state index in [2.05, 4.69) is 69.3 Å². The third-order valence-corrected chi connectivity index (χ3v) is 14.5. The van der Waals surface area contributed by atoms with Gasteiger partial charge in [0, 0.05) is 39.2 Å². The number of ether oxygens (including phenoxy) is 8. The predicted octanol–water partition coefficient (Wildman–Crippen LogP) is 7.01. The Balaban J connectivity index is 1.19. The van der Waals surface area contributed by atoms with Crippen LogP contribution in [0.3, 0.4) is 0 Å². The highest BCUT2D eigenvalue weighted by Gasteiger charge is 2.54. The molecule has 1 aromatic rings. The maximum absolute atomic E-state index is 15.0. The molecule has 3 saturated heterocycles. The van der Waals surface area contributed by atoms with Crippen molar-refractivity contribution in [1.82, 2.24) is 4.90 Å². The minimum Gasteiger partial charge on any atom is -0.462 e. The number of esters is 1. The number of hydrogen-bond acceptors (Lipinski definition) is 11. The number of benzene rings is 1. The van der Waals surface area contributed by atoms with Gasteiger partial charge in [-0.2, -0.15) is 0 Å². The lowest BCUT2D eigenvalue weighted by atomic mass is 9.66. The van der Waals surface area contributed by atoms with Crippen LogP contribution in [0.4, 0.5) is 0 Å². The summed E-state index contributed by atoms with van der Waals surface area (Å²) in [6.07, 6.45) is 8.13. The van der Waals surface area contributed by atoms with E-state index < -0.39 is 18.3 Å². The number of carbonyl (C=O) groups is 2. The Morgan fingerprint density at radius 2 is 1.48 bits per heavy atom. The number of methoxy groups -OCH3 is 3. The second-order valence-corrected chi connectivity index (χ2v) is 18.0. The van der Waals surface area contributed by atoms with E-state index in [-0.39, 0.29) is 96.8 Å². The fourth-order valence-corrected chi connectivity index (χ4v) is 11.5. The number of carbonyl (C=O) groups excluding carboxylic acids is 2. The molecule has 58 heavy (non-hydrogen) atoms. The molecule has 0 aromatic heterocycles. The monoisotopic (exact) mass is 807 g/mol. The molecule has 1 saturated carbocycles. The van der Waals surface area contributed by atoms with Crippen LogP contribution < -0.4 is 0 Å². The summed E-state index contributed by atoms with van der Waals surface area (Å²) in [7, 11) is 9.18. The summed E-state index contributed by atoms with van der Waals surface area (Å²) < 4.78 is 50.3. The van der Waals surface area contributed by atoms with Crippen molar-refractivity contribution in [3.63, 3.8) is 0 Å². The van der Waals surface area contributed by atoms with E-state index in [1.54, 1.807) is 21.3 Å². The van der Waals surface area contributed by atoms with Gasteiger partial charge in [-0.25, -0.2) is 0 Å². The molecule has 322 valence electrons. The van der Waals surface area contributed by atoms with E-state index >= 15 is 4.79 Å². The minimum absolute atomic E-state index is 0.0230. The number of rotatable bonds is 10. The first-order valence-corrected chi connectivity index (χ1v) is 22.0. The molecule has 0 N–H and O–H groups in total. The third kappa shape index (κ3) is 8.94. The zero-order chi connectivity index (χ0) is 41.2. The van der Waals surface area contributed by atoms with Crippen LogP contribution in [0.25, 0.3) is 5.57 Å². The molecule has 11 nitrogen and oxygen atoms in total. The maximum Gasteiger partial charge on any atom is 0.306 e. The Morgan fingerprint density at radius 3 is 2.16 bits per heavy atom. The molecule has 6 unspecified atom stereocenters. The predicted molar refractivity (Wildman–Crippen MR) is 220 cm³/mol. The van der Waals surface area contributed by atoms with Crippen molar-refractivity contribution in [2.45, 2.75) is 153 Å². The number of hydrogen-bond donors (Lipinski definition) is 0. The standard InChI is InChI=1S/C47H69NO10/c1-10-30-17-14-18-40(58-42-20-19-39(48(5)6)27(3)54-42)26(2)43(50)38-24-36-34-22-31(57-47-46(53-9)45(52-8)44(51-7)28(4)55-47)21-33(34)32(29-15-12-11-13-16-29)23-35(36)37(38)25-41(49)56-30/h11-13,15-16,23-24,26-28,30-31,33-37,39-40,42,44-47H,10,14,17-22,25H2,1-9H3/t26-,27?,28?,30+,31-,33?,34-,35?,36+,37+,39+,40+,42+,44+,45?,46?,47+/m1/s1. The highest BCUT2D eigenvalue weighted by molar-refractivity contribution is 5.99. The number of fused-ring (bicyclic) bond motifs is 5. The minimum atomic E-state index is -0.635. The Morgan fingerprint density at radius 1 is 0.759 bits per heavy atom. The van der Waals surface area contributed by atoms with Gasteiger partial charge >= 0.3 is 5.97 Å². The third-order valence-electron chi connectivity index (χ3n) is 14.5. The first kappa shape index (κ1) is 43.6. The van der Waals surface area contributed by atoms with E-state index in [0.29, 0.717) is 12.5 Å². The van der Waals surface area contributed by atoms with Gasteiger partial charge in [-0.15, -0.1) is 0 Å². The molecule has 0 bridgehead atoms. The molecular weight excluding hydrogens is 739 g/mol. The molecule has 0 radical (unpaired) electrons. The molecule has 3 heterocycles. The smallest absolute Gasteiger partial charge is 0.306 e. The van der Waals surface area contributed by atoms with Crippen LogP contribution in [0.2, 0.25) is 0 Å². The molecule has 11 heteroatoms. The maximum atomic E-state index is 15.0. The Kier molecular flexibility index (Phi) is 14.3. The largest absolute Gasteiger partial charge is 0.462 e. The molecule has 3 aliphatic heterocycles. The fraction of sp³-hybridized carbons (Fsp3) is 0.745. The Bertz CT molecular complexity index is 1620. The molecule has 7 rings (SSSR count). The van der Waals surface area contributed by atoms with Gasteiger partial charge in [0.05, 0.1) is 30.8 Å². The van der Waals surface area contributed by atoms with E-state index in [1.807, 2.05) is 19.9 Å². The molecule has 1 aromatic carbocycles. The highest BCUT2D eigenvalue weighted by Crippen LogP contribution is 2.58. The van der Waals surface area contributed by atoms with Gasteiger partial charge in [0.1, 0.15) is 24.4 Å². The number of nitrogens with zero attached hydrogens (tertiary/aromatic N) is 1. The zero-order valence-corrected chi connectivity index (χ0v) is 36.3. The van der Waals surface area contributed by atoms with Crippen molar-refractivity contribution in [3.8, 4) is 0 Å². The second-order valence-electron chi connectivity index (χ2n) is 18.0. The van der Waals surface area contributed by atoms with Crippen molar-refractivity contribution in [3.05, 3.63) is 53.6 Å². The van der Waals surface area contributed by atoms with Crippen LogP contribution in [0, 0.1) is 35.5 Å². The van der Waals surface area contributed by atoms with Crippen LogP contribution in [0.5, 0.6) is 0 Å². The van der Waals surface area contributed by atoms with E-state index in [1.165, 1.54) is 5.57 Å². The summed E-state index contributed by atoms with van der Waals surface area (Å²) >= 11 is 0. The quantitative estimate of drug-likeness (QED) is 0.228. The Labute approximate surface area is 346 Å². The lowest BCUT2D eigenvalue weighted by molar-refractivity contribution is -0.314. The Hall–Kier alpha value is -2.48. The lowest BCUT2D eigenvalue weighted by Crippen LogP contribution is -2.59. The highest BCUT2D eigenvalue weighted by atomic mass is 16.7. The average Bonchev–Trinajstić information content (AvgIpc) is 3.79. The normalized spacial score (nSPS) is 42.3. The van der Waals surface area contributed by atoms with E-state index in [9.17, 15) is 4.79 Å². The van der Waals surface area contributed by atoms with Gasteiger partial charge in [-0.1, -0.05) is 56.3 Å². The molecule has 0 amide bonds. The van der Waals surface area contributed by atoms with Gasteiger partial charge in [0.2, 0.25) is 0 Å². The fourth-order valence-electron chi connectivity index (χ4n) is 11.5. The SMILES string of the molecule is CC[C@H]1CCC[C@H](O[C@H]2CC[C@H](N(C)C)C(C)O2)[C@@H](C)C(=O)C2=C[C@@H]3C(C=C(c4ccccc4)C4C[C@@H](O[C@@H]5OC(C)[C@H](OC)C(OC)C5OC)C[C@H]43)[C@@H]2CC(=O)O1. The summed E-state index contributed by atoms with van der Waals surface area (Å²) in [6.45, 7) is 8.19. The van der Waals surface area contributed by atoms with E-state index in [0.717, 1.165) is 56.1 Å². The molecule has 17 atom stereocenters. The van der Waals surface area contributed by atoms with Crippen LogP contribution in [0.15, 0.2) is 48.1 Å². The first-order valence-electron chi connectivity index (χ1n) is 22.0. The molecule has 4 fully saturated rings. The number of ketones is 1. The number of cyclic esters (lactones) is 1. The van der Waals surface area contributed by atoms with Crippen molar-refractivity contribution in [2.75, 3.05) is 35.4 Å². The van der Waals surface area contributed by atoms with Crippen LogP contribution in [-0.4, -0.2) is 120 Å². The molecule has 3 aliphatic carbocycles.